The van der Waals surface area contributed by atoms with Crippen LogP contribution in [0, 0.1) is 0 Å². The Labute approximate surface area is 65.6 Å². The first kappa shape index (κ1) is 9.52. The van der Waals surface area contributed by atoms with Gasteiger partial charge in [0.25, 0.3) is 0 Å². The second-order valence-electron chi connectivity index (χ2n) is 1.70. The fourth-order valence-electron chi connectivity index (χ4n) is 0.297. The monoisotopic (exact) mass is 161 g/mol. The van der Waals surface area contributed by atoms with E-state index in [2.05, 4.69) is 17.4 Å². The molecule has 0 rings (SSSR count). The van der Waals surface area contributed by atoms with Crippen molar-refractivity contribution in [2.75, 3.05) is 5.75 Å². The quantitative estimate of drug-likeness (QED) is 0.356. The fraction of sp³-hybridized carbons (Fsp3) is 0.500. The molecular formula is C6H11NO2S. The van der Waals surface area contributed by atoms with E-state index in [0.717, 1.165) is 0 Å². The van der Waals surface area contributed by atoms with E-state index in [1.165, 1.54) is 6.26 Å². The van der Waals surface area contributed by atoms with Crippen molar-refractivity contribution in [2.45, 2.75) is 13.0 Å². The van der Waals surface area contributed by atoms with Gasteiger partial charge in [-0.3, -0.25) is 0 Å². The van der Waals surface area contributed by atoms with Crippen LogP contribution in [0.1, 0.15) is 6.92 Å². The first-order valence-electron chi connectivity index (χ1n) is 2.90. The number of ether oxygens (including phenoxy) is 1. The number of nitrogens with two attached hydrogens (primary N) is 1. The maximum Gasteiger partial charge on any atom is 0.328 e. The van der Waals surface area contributed by atoms with Gasteiger partial charge in [0.1, 0.15) is 6.04 Å². The summed E-state index contributed by atoms with van der Waals surface area (Å²) in [5.74, 6) is -0.149. The molecule has 0 spiro atoms. The molecule has 0 unspecified atom stereocenters. The van der Waals surface area contributed by atoms with E-state index in [0.29, 0.717) is 5.75 Å². The molecule has 4 heteroatoms. The standard InChI is InChI=1S/C6H11NO2S/c1-2-3-9-6(8)5(7)4-10/h2-3,5,10H,4,7H2,1H3/t5-/m0/s1. The van der Waals surface area contributed by atoms with Crippen LogP contribution in [-0.2, 0) is 9.53 Å². The molecule has 0 fully saturated rings. The molecule has 0 aromatic rings. The third-order valence-corrected chi connectivity index (χ3v) is 1.21. The van der Waals surface area contributed by atoms with Crippen LogP contribution < -0.4 is 5.73 Å². The average molecular weight is 161 g/mol. The van der Waals surface area contributed by atoms with E-state index < -0.39 is 12.0 Å². The minimum atomic E-state index is -0.625. The molecule has 0 aliphatic rings. The van der Waals surface area contributed by atoms with E-state index in [1.54, 1.807) is 13.0 Å². The van der Waals surface area contributed by atoms with Gasteiger partial charge in [0.05, 0.1) is 6.26 Å². The third-order valence-electron chi connectivity index (χ3n) is 0.820. The van der Waals surface area contributed by atoms with Crippen molar-refractivity contribution < 1.29 is 9.53 Å². The normalized spacial score (nSPS) is 13.5. The minimum absolute atomic E-state index is 0.302. The Kier molecular flexibility index (Phi) is 5.06. The highest BCUT2D eigenvalue weighted by atomic mass is 32.1. The molecule has 0 radical (unpaired) electrons. The van der Waals surface area contributed by atoms with Crippen LogP contribution in [0.15, 0.2) is 12.3 Å². The summed E-state index contributed by atoms with van der Waals surface area (Å²) in [5.41, 5.74) is 5.27. The molecule has 0 saturated carbocycles. The van der Waals surface area contributed by atoms with Crippen molar-refractivity contribution in [3.8, 4) is 0 Å². The first-order chi connectivity index (χ1) is 4.72. The molecule has 0 heterocycles. The number of esters is 1. The van der Waals surface area contributed by atoms with E-state index in [9.17, 15) is 4.79 Å². The van der Waals surface area contributed by atoms with Crippen LogP contribution in [0.25, 0.3) is 0 Å². The maximum atomic E-state index is 10.7. The molecule has 0 amide bonds. The molecule has 0 saturated heterocycles. The predicted molar refractivity (Wildman–Crippen MR) is 42.7 cm³/mol. The zero-order valence-electron chi connectivity index (χ0n) is 5.78. The van der Waals surface area contributed by atoms with Gasteiger partial charge in [0.2, 0.25) is 0 Å². The van der Waals surface area contributed by atoms with Gasteiger partial charge in [0, 0.05) is 5.75 Å². The van der Waals surface area contributed by atoms with Gasteiger partial charge in [-0.1, -0.05) is 6.08 Å². The summed E-state index contributed by atoms with van der Waals surface area (Å²) in [6.07, 6.45) is 2.91. The van der Waals surface area contributed by atoms with Crippen LogP contribution in [0.3, 0.4) is 0 Å². The Morgan fingerprint density at radius 2 is 2.50 bits per heavy atom. The zero-order chi connectivity index (χ0) is 7.98. The van der Waals surface area contributed by atoms with E-state index in [-0.39, 0.29) is 0 Å². The lowest BCUT2D eigenvalue weighted by Gasteiger charge is -2.03. The first-order valence-corrected chi connectivity index (χ1v) is 3.53. The predicted octanol–water partition coefficient (Wildman–Crippen LogP) is 0.320. The molecule has 0 aliphatic carbocycles. The number of hydrogen-bond acceptors (Lipinski definition) is 4. The van der Waals surface area contributed by atoms with Crippen molar-refractivity contribution in [2.24, 2.45) is 5.73 Å². The van der Waals surface area contributed by atoms with Crippen molar-refractivity contribution in [3.05, 3.63) is 12.3 Å². The number of carbonyl (C=O) groups excluding carboxylic acids is 1. The van der Waals surface area contributed by atoms with Crippen molar-refractivity contribution in [1.29, 1.82) is 0 Å². The number of carbonyl (C=O) groups is 1. The number of hydrogen-bond donors (Lipinski definition) is 2. The molecule has 0 bridgehead atoms. The minimum Gasteiger partial charge on any atom is -0.434 e. The van der Waals surface area contributed by atoms with Crippen LogP contribution >= 0.6 is 12.6 Å². The topological polar surface area (TPSA) is 52.3 Å². The van der Waals surface area contributed by atoms with Gasteiger partial charge >= 0.3 is 5.97 Å². The highest BCUT2D eigenvalue weighted by molar-refractivity contribution is 7.80. The van der Waals surface area contributed by atoms with E-state index in [4.69, 9.17) is 5.73 Å². The van der Waals surface area contributed by atoms with E-state index in [1.807, 2.05) is 0 Å². The molecule has 58 valence electrons. The molecule has 2 N–H and O–H groups in total. The highest BCUT2D eigenvalue weighted by Gasteiger charge is 2.10. The van der Waals surface area contributed by atoms with Crippen LogP contribution in [0.4, 0.5) is 0 Å². The number of rotatable bonds is 3. The second kappa shape index (κ2) is 5.32. The molecular weight excluding hydrogens is 150 g/mol. The Balaban J connectivity index is 3.62. The van der Waals surface area contributed by atoms with Gasteiger partial charge in [-0.05, 0) is 6.92 Å². The summed E-state index contributed by atoms with van der Waals surface area (Å²) in [6.45, 7) is 1.75. The molecule has 0 aromatic carbocycles. The van der Waals surface area contributed by atoms with Crippen LogP contribution in [-0.4, -0.2) is 17.8 Å². The van der Waals surface area contributed by atoms with Gasteiger partial charge in [-0.15, -0.1) is 0 Å². The lowest BCUT2D eigenvalue weighted by atomic mass is 10.4. The molecule has 0 aromatic heterocycles. The fourth-order valence-corrected chi connectivity index (χ4v) is 0.446. The number of thiol groups is 1. The van der Waals surface area contributed by atoms with Crippen LogP contribution in [0.5, 0.6) is 0 Å². The average Bonchev–Trinajstić information content (AvgIpc) is 1.98. The van der Waals surface area contributed by atoms with Gasteiger partial charge < -0.3 is 10.5 Å². The lowest BCUT2D eigenvalue weighted by Crippen LogP contribution is -2.32. The molecule has 10 heavy (non-hydrogen) atoms. The van der Waals surface area contributed by atoms with Crippen molar-refractivity contribution in [3.63, 3.8) is 0 Å². The smallest absolute Gasteiger partial charge is 0.328 e. The summed E-state index contributed by atoms with van der Waals surface area (Å²) in [4.78, 5) is 10.7. The van der Waals surface area contributed by atoms with Gasteiger partial charge in [0.15, 0.2) is 0 Å². The second-order valence-corrected chi connectivity index (χ2v) is 2.06. The van der Waals surface area contributed by atoms with Gasteiger partial charge in [-0.25, -0.2) is 4.79 Å². The van der Waals surface area contributed by atoms with Crippen molar-refractivity contribution >= 4 is 18.6 Å². The van der Waals surface area contributed by atoms with E-state index >= 15 is 0 Å². The van der Waals surface area contributed by atoms with Gasteiger partial charge in [-0.2, -0.15) is 12.6 Å². The number of allylic oxidation sites excluding steroid dienone is 1. The SMILES string of the molecule is CC=COC(=O)[C@@H](N)CS. The summed E-state index contributed by atoms with van der Waals surface area (Å²) in [7, 11) is 0. The Morgan fingerprint density at radius 1 is 1.90 bits per heavy atom. The maximum absolute atomic E-state index is 10.7. The summed E-state index contributed by atoms with van der Waals surface area (Å²) in [5, 5.41) is 0. The Morgan fingerprint density at radius 3 is 2.90 bits per heavy atom. The summed E-state index contributed by atoms with van der Waals surface area (Å²) >= 11 is 3.83. The Hall–Kier alpha value is -0.480. The van der Waals surface area contributed by atoms with Crippen molar-refractivity contribution in [1.82, 2.24) is 0 Å². The Bertz CT molecular complexity index is 136. The molecule has 3 nitrogen and oxygen atoms in total. The highest BCUT2D eigenvalue weighted by Crippen LogP contribution is 1.88. The zero-order valence-corrected chi connectivity index (χ0v) is 6.67. The molecule has 1 atom stereocenters. The molecule has 0 aliphatic heterocycles. The third kappa shape index (κ3) is 3.53. The summed E-state index contributed by atoms with van der Waals surface area (Å²) in [6, 6.07) is -0.625. The lowest BCUT2D eigenvalue weighted by molar-refractivity contribution is -0.138. The largest absolute Gasteiger partial charge is 0.434 e. The van der Waals surface area contributed by atoms with Crippen LogP contribution in [0.2, 0.25) is 0 Å². The summed E-state index contributed by atoms with van der Waals surface area (Å²) < 4.78 is 4.55.